The van der Waals surface area contributed by atoms with E-state index in [2.05, 4.69) is 4.74 Å². The third kappa shape index (κ3) is 4.18. The Morgan fingerprint density at radius 2 is 1.94 bits per heavy atom. The van der Waals surface area contributed by atoms with E-state index in [1.807, 2.05) is 0 Å². The molecule has 0 saturated carbocycles. The Morgan fingerprint density at radius 1 is 1.29 bits per heavy atom. The van der Waals surface area contributed by atoms with Crippen molar-refractivity contribution in [2.45, 2.75) is 18.8 Å². The zero-order valence-corrected chi connectivity index (χ0v) is 8.60. The first kappa shape index (κ1) is 13.7. The smallest absolute Gasteiger partial charge is 0.406 e. The summed E-state index contributed by atoms with van der Waals surface area (Å²) in [6, 6.07) is 1.45. The first-order chi connectivity index (χ1) is 7.83. The number of alkyl halides is 4. The van der Waals surface area contributed by atoms with E-state index in [9.17, 15) is 22.0 Å². The van der Waals surface area contributed by atoms with Gasteiger partial charge >= 0.3 is 6.36 Å². The molecule has 0 bridgehead atoms. The van der Waals surface area contributed by atoms with Crippen LogP contribution in [-0.2, 0) is 0 Å². The molecule has 96 valence electrons. The topological polar surface area (TPSA) is 35.2 Å². The molecule has 2 nitrogen and oxygen atoms in total. The van der Waals surface area contributed by atoms with Crippen LogP contribution in [0.1, 0.15) is 18.0 Å². The second-order valence-electron chi connectivity index (χ2n) is 3.32. The largest absolute Gasteiger partial charge is 0.573 e. The van der Waals surface area contributed by atoms with Gasteiger partial charge in [-0.05, 0) is 24.6 Å². The van der Waals surface area contributed by atoms with Gasteiger partial charge in [-0.1, -0.05) is 0 Å². The predicted octanol–water partition coefficient (Wildman–Crippen LogP) is 3.08. The summed E-state index contributed by atoms with van der Waals surface area (Å²) in [5.41, 5.74) is 5.22. The molecule has 0 saturated heterocycles. The van der Waals surface area contributed by atoms with Crippen molar-refractivity contribution in [3.8, 4) is 5.75 Å². The van der Waals surface area contributed by atoms with E-state index in [1.165, 1.54) is 0 Å². The molecule has 0 aliphatic heterocycles. The minimum atomic E-state index is -4.86. The minimum Gasteiger partial charge on any atom is -0.406 e. The van der Waals surface area contributed by atoms with E-state index in [1.54, 1.807) is 0 Å². The van der Waals surface area contributed by atoms with Crippen molar-refractivity contribution in [2.24, 2.45) is 5.73 Å². The molecule has 17 heavy (non-hydrogen) atoms. The first-order valence-electron chi connectivity index (χ1n) is 4.70. The molecule has 1 aromatic rings. The third-order valence-electron chi connectivity index (χ3n) is 2.02. The summed E-state index contributed by atoms with van der Waals surface area (Å²) in [7, 11) is 0. The monoisotopic (exact) mass is 255 g/mol. The van der Waals surface area contributed by atoms with Crippen LogP contribution in [0.4, 0.5) is 22.0 Å². The average molecular weight is 255 g/mol. The van der Waals surface area contributed by atoms with E-state index in [4.69, 9.17) is 5.73 Å². The lowest BCUT2D eigenvalue weighted by molar-refractivity contribution is -0.274. The standard InChI is InChI=1S/C10H10F5NO/c11-4-3-9(16)7-5-6(1-2-8(7)12)17-10(13,14)15/h1-2,5,9H,3-4,16H2/t9-/m0/s1. The van der Waals surface area contributed by atoms with E-state index in [-0.39, 0.29) is 12.0 Å². The van der Waals surface area contributed by atoms with Gasteiger partial charge in [-0.2, -0.15) is 0 Å². The molecule has 0 amide bonds. The maximum Gasteiger partial charge on any atom is 0.573 e. The van der Waals surface area contributed by atoms with Crippen molar-refractivity contribution in [3.05, 3.63) is 29.6 Å². The van der Waals surface area contributed by atoms with Crippen LogP contribution in [-0.4, -0.2) is 13.0 Å². The maximum absolute atomic E-state index is 13.2. The minimum absolute atomic E-state index is 0.174. The summed E-state index contributed by atoms with van der Waals surface area (Å²) < 4.78 is 64.6. The Labute approximate surface area is 94.2 Å². The summed E-state index contributed by atoms with van der Waals surface area (Å²) in [6.45, 7) is -0.787. The molecule has 1 aromatic carbocycles. The molecule has 0 spiro atoms. The Morgan fingerprint density at radius 3 is 2.47 bits per heavy atom. The second kappa shape index (κ2) is 5.31. The van der Waals surface area contributed by atoms with Crippen molar-refractivity contribution in [3.63, 3.8) is 0 Å². The number of hydrogen-bond acceptors (Lipinski definition) is 2. The summed E-state index contributed by atoms with van der Waals surface area (Å²) in [6.07, 6.45) is -5.04. The van der Waals surface area contributed by atoms with Crippen LogP contribution >= 0.6 is 0 Å². The van der Waals surface area contributed by atoms with Crippen molar-refractivity contribution in [2.75, 3.05) is 6.67 Å². The Balaban J connectivity index is 2.94. The average Bonchev–Trinajstić information content (AvgIpc) is 2.19. The number of hydrogen-bond donors (Lipinski definition) is 1. The molecule has 1 rings (SSSR count). The van der Waals surface area contributed by atoms with Gasteiger partial charge in [0.15, 0.2) is 0 Å². The van der Waals surface area contributed by atoms with Crippen LogP contribution in [0.25, 0.3) is 0 Å². The number of ether oxygens (including phenoxy) is 1. The van der Waals surface area contributed by atoms with Crippen LogP contribution in [0, 0.1) is 5.82 Å². The molecular formula is C10H10F5NO. The first-order valence-corrected chi connectivity index (χ1v) is 4.70. The molecule has 7 heteroatoms. The predicted molar refractivity (Wildman–Crippen MR) is 50.6 cm³/mol. The number of rotatable bonds is 4. The molecule has 0 unspecified atom stereocenters. The highest BCUT2D eigenvalue weighted by molar-refractivity contribution is 5.32. The van der Waals surface area contributed by atoms with Crippen LogP contribution in [0.2, 0.25) is 0 Å². The van der Waals surface area contributed by atoms with E-state index >= 15 is 0 Å². The molecule has 0 heterocycles. The van der Waals surface area contributed by atoms with Gasteiger partial charge in [-0.3, -0.25) is 4.39 Å². The number of benzene rings is 1. The van der Waals surface area contributed by atoms with Crippen molar-refractivity contribution < 1.29 is 26.7 Å². The highest BCUT2D eigenvalue weighted by atomic mass is 19.4. The van der Waals surface area contributed by atoms with Crippen LogP contribution < -0.4 is 10.5 Å². The van der Waals surface area contributed by atoms with Gasteiger partial charge in [0.05, 0.1) is 6.67 Å². The van der Waals surface area contributed by atoms with Gasteiger partial charge in [0.1, 0.15) is 11.6 Å². The fraction of sp³-hybridized carbons (Fsp3) is 0.400. The summed E-state index contributed by atoms with van der Waals surface area (Å²) in [5.74, 6) is -1.37. The lowest BCUT2D eigenvalue weighted by Gasteiger charge is -2.14. The molecule has 0 radical (unpaired) electrons. The summed E-state index contributed by atoms with van der Waals surface area (Å²) in [5, 5.41) is 0. The Bertz CT molecular complexity index is 379. The van der Waals surface area contributed by atoms with Gasteiger partial charge in [-0.25, -0.2) is 4.39 Å². The van der Waals surface area contributed by atoms with Crippen LogP contribution in [0.3, 0.4) is 0 Å². The maximum atomic E-state index is 13.2. The molecule has 0 aliphatic carbocycles. The van der Waals surface area contributed by atoms with E-state index in [0.29, 0.717) is 0 Å². The van der Waals surface area contributed by atoms with Gasteiger partial charge in [0, 0.05) is 11.6 Å². The number of nitrogens with two attached hydrogens (primary N) is 1. The van der Waals surface area contributed by atoms with Gasteiger partial charge < -0.3 is 10.5 Å². The zero-order chi connectivity index (χ0) is 13.1. The molecule has 1 atom stereocenters. The molecule has 2 N–H and O–H groups in total. The Kier molecular flexibility index (Phi) is 4.28. The SMILES string of the molecule is N[C@@H](CCF)c1cc(OC(F)(F)F)ccc1F. The molecule has 0 aliphatic rings. The fourth-order valence-corrected chi connectivity index (χ4v) is 1.28. The van der Waals surface area contributed by atoms with E-state index in [0.717, 1.165) is 18.2 Å². The van der Waals surface area contributed by atoms with Crippen molar-refractivity contribution in [1.29, 1.82) is 0 Å². The molecule has 0 fully saturated rings. The normalized spacial score (nSPS) is 13.5. The van der Waals surface area contributed by atoms with Crippen LogP contribution in [0.15, 0.2) is 18.2 Å². The highest BCUT2D eigenvalue weighted by Gasteiger charge is 2.31. The fourth-order valence-electron chi connectivity index (χ4n) is 1.28. The van der Waals surface area contributed by atoms with Crippen molar-refractivity contribution in [1.82, 2.24) is 0 Å². The van der Waals surface area contributed by atoms with Gasteiger partial charge in [0.25, 0.3) is 0 Å². The number of halogens is 5. The van der Waals surface area contributed by atoms with E-state index < -0.39 is 30.6 Å². The van der Waals surface area contributed by atoms with Gasteiger partial charge in [-0.15, -0.1) is 13.2 Å². The van der Waals surface area contributed by atoms with Crippen molar-refractivity contribution >= 4 is 0 Å². The zero-order valence-electron chi connectivity index (χ0n) is 8.60. The Hall–Kier alpha value is -1.37. The lowest BCUT2D eigenvalue weighted by atomic mass is 10.0. The summed E-state index contributed by atoms with van der Waals surface area (Å²) >= 11 is 0. The third-order valence-corrected chi connectivity index (χ3v) is 2.02. The summed E-state index contributed by atoms with van der Waals surface area (Å²) in [4.78, 5) is 0. The molecule has 0 aromatic heterocycles. The molecular weight excluding hydrogens is 245 g/mol. The second-order valence-corrected chi connectivity index (χ2v) is 3.32. The highest BCUT2D eigenvalue weighted by Crippen LogP contribution is 2.27. The van der Waals surface area contributed by atoms with Crippen LogP contribution in [0.5, 0.6) is 5.75 Å². The van der Waals surface area contributed by atoms with Gasteiger partial charge in [0.2, 0.25) is 0 Å². The quantitative estimate of drug-likeness (QED) is 0.839. The lowest BCUT2D eigenvalue weighted by Crippen LogP contribution is -2.18.